The zero-order chi connectivity index (χ0) is 17.7. The smallest absolute Gasteiger partial charge is 0.231 e. The van der Waals surface area contributed by atoms with Crippen LogP contribution in [0.4, 0.5) is 0 Å². The predicted octanol–water partition coefficient (Wildman–Crippen LogP) is 4.97. The minimum atomic E-state index is -0.462. The van der Waals surface area contributed by atoms with Crippen LogP contribution in [0.15, 0.2) is 48.5 Å². The first-order valence-electron chi connectivity index (χ1n) is 8.40. The van der Waals surface area contributed by atoms with Gasteiger partial charge in [-0.25, -0.2) is 0 Å². The number of carbonyl (C=O) groups excluding carboxylic acids is 1. The molecule has 0 heterocycles. The van der Waals surface area contributed by atoms with E-state index < -0.39 is 5.41 Å². The van der Waals surface area contributed by atoms with Gasteiger partial charge in [0.25, 0.3) is 0 Å². The lowest BCUT2D eigenvalue weighted by Gasteiger charge is -2.28. The van der Waals surface area contributed by atoms with Crippen LogP contribution in [-0.4, -0.2) is 12.5 Å². The lowest BCUT2D eigenvalue weighted by atomic mass is 9.78. The first-order valence-corrected chi connectivity index (χ1v) is 9.15. The van der Waals surface area contributed by atoms with Crippen molar-refractivity contribution >= 4 is 29.1 Å². The topological polar surface area (TPSA) is 29.1 Å². The van der Waals surface area contributed by atoms with Crippen LogP contribution in [0.3, 0.4) is 0 Å². The second kappa shape index (κ2) is 7.95. The third-order valence-corrected chi connectivity index (χ3v) is 5.30. The number of halogens is 2. The lowest BCUT2D eigenvalue weighted by Crippen LogP contribution is -2.42. The van der Waals surface area contributed by atoms with Crippen molar-refractivity contribution in [3.05, 3.63) is 69.7 Å². The summed E-state index contributed by atoms with van der Waals surface area (Å²) in [5.74, 6) is 6.03. The molecule has 128 valence electrons. The highest BCUT2D eigenvalue weighted by Crippen LogP contribution is 2.41. The van der Waals surface area contributed by atoms with Gasteiger partial charge in [-0.2, -0.15) is 0 Å². The fourth-order valence-corrected chi connectivity index (χ4v) is 3.70. The third-order valence-electron chi connectivity index (χ3n) is 4.72. The van der Waals surface area contributed by atoms with E-state index in [9.17, 15) is 4.79 Å². The molecule has 2 aromatic rings. The molecule has 2 nitrogen and oxygen atoms in total. The van der Waals surface area contributed by atoms with Crippen molar-refractivity contribution in [1.29, 1.82) is 0 Å². The summed E-state index contributed by atoms with van der Waals surface area (Å²) in [4.78, 5) is 12.9. The molecule has 1 aliphatic carbocycles. The summed E-state index contributed by atoms with van der Waals surface area (Å²) in [5, 5.41) is 4.28. The van der Waals surface area contributed by atoms with Crippen molar-refractivity contribution in [1.82, 2.24) is 5.32 Å². The average Bonchev–Trinajstić information content (AvgIpc) is 3.11. The van der Waals surface area contributed by atoms with Gasteiger partial charge in [0.15, 0.2) is 0 Å². The Labute approximate surface area is 158 Å². The van der Waals surface area contributed by atoms with Crippen LogP contribution in [0.2, 0.25) is 10.0 Å². The van der Waals surface area contributed by atoms with Gasteiger partial charge in [-0.1, -0.05) is 72.1 Å². The van der Waals surface area contributed by atoms with Crippen molar-refractivity contribution < 1.29 is 4.79 Å². The summed E-state index contributed by atoms with van der Waals surface area (Å²) < 4.78 is 0. The summed E-state index contributed by atoms with van der Waals surface area (Å²) in [6.45, 7) is 0.305. The standard InChI is InChI=1S/C21H19Cl2NO/c22-18-11-9-17(10-12-18)21(13-3-4-14-21)20(25)24-15-5-7-16-6-1-2-8-19(16)23/h1-2,6,8-12H,3-4,13-15H2,(H,24,25). The molecule has 0 saturated heterocycles. The number of hydrogen-bond donors (Lipinski definition) is 1. The quantitative estimate of drug-likeness (QED) is 0.757. The molecule has 1 saturated carbocycles. The van der Waals surface area contributed by atoms with Gasteiger partial charge in [0.1, 0.15) is 0 Å². The molecule has 1 fully saturated rings. The van der Waals surface area contributed by atoms with Gasteiger partial charge in [-0.05, 0) is 42.7 Å². The highest BCUT2D eigenvalue weighted by molar-refractivity contribution is 6.31. The van der Waals surface area contributed by atoms with Crippen molar-refractivity contribution in [2.24, 2.45) is 0 Å². The average molecular weight is 372 g/mol. The maximum Gasteiger partial charge on any atom is 0.231 e. The molecule has 1 amide bonds. The molecule has 0 spiro atoms. The van der Waals surface area contributed by atoms with Crippen LogP contribution >= 0.6 is 23.2 Å². The van der Waals surface area contributed by atoms with Crippen LogP contribution in [0, 0.1) is 11.8 Å². The van der Waals surface area contributed by atoms with E-state index in [1.54, 1.807) is 6.07 Å². The zero-order valence-corrected chi connectivity index (χ0v) is 15.3. The zero-order valence-electron chi connectivity index (χ0n) is 13.8. The van der Waals surface area contributed by atoms with Gasteiger partial charge >= 0.3 is 0 Å². The summed E-state index contributed by atoms with van der Waals surface area (Å²) in [6.07, 6.45) is 3.83. The molecular weight excluding hydrogens is 353 g/mol. The van der Waals surface area contributed by atoms with E-state index in [2.05, 4.69) is 17.2 Å². The van der Waals surface area contributed by atoms with E-state index in [4.69, 9.17) is 23.2 Å². The normalized spacial score (nSPS) is 15.3. The SMILES string of the molecule is O=C(NCC#Cc1ccccc1Cl)C1(c2ccc(Cl)cc2)CCCC1. The summed E-state index contributed by atoms with van der Waals surface area (Å²) in [6, 6.07) is 15.0. The predicted molar refractivity (Wildman–Crippen MR) is 103 cm³/mol. The Kier molecular flexibility index (Phi) is 5.68. The molecule has 0 aliphatic heterocycles. The van der Waals surface area contributed by atoms with Crippen molar-refractivity contribution in [3.8, 4) is 11.8 Å². The maximum atomic E-state index is 12.9. The van der Waals surface area contributed by atoms with E-state index in [1.807, 2.05) is 42.5 Å². The first-order chi connectivity index (χ1) is 12.1. The number of rotatable bonds is 3. The Bertz CT molecular complexity index is 812. The largest absolute Gasteiger partial charge is 0.344 e. The molecule has 0 unspecified atom stereocenters. The Hall–Kier alpha value is -1.95. The summed E-state index contributed by atoms with van der Waals surface area (Å²) in [7, 11) is 0. The highest BCUT2D eigenvalue weighted by Gasteiger charge is 2.42. The Morgan fingerprint density at radius 2 is 1.72 bits per heavy atom. The van der Waals surface area contributed by atoms with Crippen LogP contribution in [0.1, 0.15) is 36.8 Å². The minimum absolute atomic E-state index is 0.0424. The molecule has 2 aromatic carbocycles. The Balaban J connectivity index is 1.70. The number of hydrogen-bond acceptors (Lipinski definition) is 1. The van der Waals surface area contributed by atoms with Crippen LogP contribution < -0.4 is 5.32 Å². The first kappa shape index (κ1) is 17.9. The van der Waals surface area contributed by atoms with E-state index in [0.717, 1.165) is 36.8 Å². The second-order valence-corrected chi connectivity index (χ2v) is 7.10. The number of carbonyl (C=O) groups is 1. The van der Waals surface area contributed by atoms with Crippen molar-refractivity contribution in [2.45, 2.75) is 31.1 Å². The molecule has 4 heteroatoms. The third kappa shape index (κ3) is 4.00. The molecule has 0 atom stereocenters. The Morgan fingerprint density at radius 3 is 2.40 bits per heavy atom. The van der Waals surface area contributed by atoms with Crippen molar-refractivity contribution in [2.75, 3.05) is 6.54 Å². The molecule has 0 bridgehead atoms. The fourth-order valence-electron chi connectivity index (χ4n) is 3.39. The van der Waals surface area contributed by atoms with Crippen LogP contribution in [-0.2, 0) is 10.2 Å². The van der Waals surface area contributed by atoms with Gasteiger partial charge in [0.05, 0.1) is 17.0 Å². The van der Waals surface area contributed by atoms with Gasteiger partial charge < -0.3 is 5.32 Å². The summed E-state index contributed by atoms with van der Waals surface area (Å²) >= 11 is 12.1. The van der Waals surface area contributed by atoms with Gasteiger partial charge in [0.2, 0.25) is 5.91 Å². The number of benzene rings is 2. The molecule has 1 N–H and O–H groups in total. The van der Waals surface area contributed by atoms with Crippen LogP contribution in [0.5, 0.6) is 0 Å². The second-order valence-electron chi connectivity index (χ2n) is 6.26. The maximum absolute atomic E-state index is 12.9. The molecule has 25 heavy (non-hydrogen) atoms. The summed E-state index contributed by atoms with van der Waals surface area (Å²) in [5.41, 5.74) is 1.34. The fraction of sp³-hybridized carbons (Fsp3) is 0.286. The van der Waals surface area contributed by atoms with Crippen molar-refractivity contribution in [3.63, 3.8) is 0 Å². The minimum Gasteiger partial charge on any atom is -0.344 e. The van der Waals surface area contributed by atoms with Gasteiger partial charge in [-0.15, -0.1) is 0 Å². The molecule has 3 rings (SSSR count). The highest BCUT2D eigenvalue weighted by atomic mass is 35.5. The van der Waals surface area contributed by atoms with E-state index in [1.165, 1.54) is 0 Å². The van der Waals surface area contributed by atoms with Gasteiger partial charge in [0, 0.05) is 10.6 Å². The van der Waals surface area contributed by atoms with E-state index in [0.29, 0.717) is 16.6 Å². The molecule has 0 aromatic heterocycles. The van der Waals surface area contributed by atoms with E-state index >= 15 is 0 Å². The number of nitrogens with one attached hydrogen (secondary N) is 1. The lowest BCUT2D eigenvalue weighted by molar-refractivity contribution is -0.126. The van der Waals surface area contributed by atoms with Crippen LogP contribution in [0.25, 0.3) is 0 Å². The monoisotopic (exact) mass is 371 g/mol. The molecule has 0 radical (unpaired) electrons. The molecular formula is C21H19Cl2NO. The Morgan fingerprint density at radius 1 is 1.04 bits per heavy atom. The van der Waals surface area contributed by atoms with Gasteiger partial charge in [-0.3, -0.25) is 4.79 Å². The molecule has 1 aliphatic rings. The number of amides is 1. The van der Waals surface area contributed by atoms with E-state index in [-0.39, 0.29) is 5.91 Å².